The van der Waals surface area contributed by atoms with Gasteiger partial charge in [0.15, 0.2) is 0 Å². The smallest absolute Gasteiger partial charge is 0.111 e. The Morgan fingerprint density at radius 1 is 0.821 bits per heavy atom. The number of unbranched alkanes of at least 4 members (excludes halogenated alkanes) is 11. The van der Waals surface area contributed by atoms with Crippen molar-refractivity contribution in [3.05, 3.63) is 12.2 Å². The fraction of sp³-hybridized carbons (Fsp3) is 0.913. The first kappa shape index (κ1) is 25.6. The van der Waals surface area contributed by atoms with Gasteiger partial charge in [0.05, 0.1) is 13.2 Å². The Morgan fingerprint density at radius 2 is 1.39 bits per heavy atom. The predicted molar refractivity (Wildman–Crippen MR) is 113 cm³/mol. The molecule has 0 spiro atoms. The van der Waals surface area contributed by atoms with E-state index in [0.717, 1.165) is 12.8 Å². The van der Waals surface area contributed by atoms with E-state index in [0.29, 0.717) is 6.61 Å². The topological polar surface area (TPSA) is 79.2 Å². The zero-order valence-corrected chi connectivity index (χ0v) is 17.9. The summed E-state index contributed by atoms with van der Waals surface area (Å²) in [5, 5.41) is 28.9. The van der Waals surface area contributed by atoms with Gasteiger partial charge in [-0.2, -0.15) is 0 Å². The molecule has 1 aliphatic rings. The summed E-state index contributed by atoms with van der Waals surface area (Å²) in [6.07, 6.45) is 17.8. The van der Waals surface area contributed by atoms with Gasteiger partial charge in [-0.3, -0.25) is 0 Å². The average Bonchev–Trinajstić information content (AvgIpc) is 2.70. The summed E-state index contributed by atoms with van der Waals surface area (Å²) in [7, 11) is 0. The Labute approximate surface area is 172 Å². The third kappa shape index (κ3) is 11.5. The molecule has 3 N–H and O–H groups in total. The van der Waals surface area contributed by atoms with Crippen molar-refractivity contribution in [3.8, 4) is 0 Å². The molecule has 0 aromatic heterocycles. The highest BCUT2D eigenvalue weighted by Gasteiger charge is 2.38. The summed E-state index contributed by atoms with van der Waals surface area (Å²) >= 11 is 0. The third-order valence-corrected chi connectivity index (χ3v) is 5.50. The SMILES string of the molecule is CCCCC/C=C/CCCCCCCCCCO[C@H]1CO[C@H](CO)[C@@H](O)[C@@H]1O. The molecule has 0 aliphatic carbocycles. The molecule has 0 radical (unpaired) electrons. The predicted octanol–water partition coefficient (Wildman–Crippen LogP) is 4.13. The molecular formula is C23H44O5. The van der Waals surface area contributed by atoms with Crippen molar-refractivity contribution in [1.29, 1.82) is 0 Å². The Kier molecular flexibility index (Phi) is 15.9. The molecule has 1 saturated heterocycles. The Morgan fingerprint density at radius 3 is 2.00 bits per heavy atom. The second-order valence-corrected chi connectivity index (χ2v) is 8.03. The van der Waals surface area contributed by atoms with Gasteiger partial charge in [0, 0.05) is 6.61 Å². The molecule has 1 aliphatic heterocycles. The van der Waals surface area contributed by atoms with Crippen LogP contribution in [-0.2, 0) is 9.47 Å². The highest BCUT2D eigenvalue weighted by molar-refractivity contribution is 4.87. The molecule has 5 heteroatoms. The van der Waals surface area contributed by atoms with Crippen molar-refractivity contribution in [1.82, 2.24) is 0 Å². The Bertz CT molecular complexity index is 374. The van der Waals surface area contributed by atoms with Crippen molar-refractivity contribution in [2.24, 2.45) is 0 Å². The summed E-state index contributed by atoms with van der Waals surface area (Å²) in [5.41, 5.74) is 0. The van der Waals surface area contributed by atoms with Crippen LogP contribution in [-0.4, -0.2) is 59.6 Å². The lowest BCUT2D eigenvalue weighted by atomic mass is 10.0. The normalized spacial score (nSPS) is 25.6. The van der Waals surface area contributed by atoms with Crippen LogP contribution in [0.1, 0.15) is 90.4 Å². The van der Waals surface area contributed by atoms with Crippen LogP contribution in [0, 0.1) is 0 Å². The molecule has 5 nitrogen and oxygen atoms in total. The van der Waals surface area contributed by atoms with Crippen molar-refractivity contribution in [2.45, 2.75) is 115 Å². The highest BCUT2D eigenvalue weighted by Crippen LogP contribution is 2.18. The molecule has 4 atom stereocenters. The third-order valence-electron chi connectivity index (χ3n) is 5.50. The van der Waals surface area contributed by atoms with Crippen LogP contribution in [0.2, 0.25) is 0 Å². The van der Waals surface area contributed by atoms with E-state index in [-0.39, 0.29) is 13.2 Å². The van der Waals surface area contributed by atoms with Crippen molar-refractivity contribution in [3.63, 3.8) is 0 Å². The lowest BCUT2D eigenvalue weighted by Crippen LogP contribution is -2.55. The first-order chi connectivity index (χ1) is 13.7. The number of hydrogen-bond donors (Lipinski definition) is 3. The van der Waals surface area contributed by atoms with E-state index in [1.807, 2.05) is 0 Å². The summed E-state index contributed by atoms with van der Waals surface area (Å²) in [6, 6.07) is 0. The first-order valence-electron chi connectivity index (χ1n) is 11.6. The zero-order chi connectivity index (χ0) is 20.5. The van der Waals surface area contributed by atoms with Crippen molar-refractivity contribution >= 4 is 0 Å². The van der Waals surface area contributed by atoms with Crippen molar-refractivity contribution in [2.75, 3.05) is 19.8 Å². The molecule has 0 bridgehead atoms. The van der Waals surface area contributed by atoms with Crippen molar-refractivity contribution < 1.29 is 24.8 Å². The molecular weight excluding hydrogens is 356 g/mol. The standard InChI is InChI=1S/C23H44O5/c1-2-3-4-5-6-7-8-9-10-11-12-13-14-15-16-17-27-21-19-28-20(18-24)22(25)23(21)26/h6-7,20-26H,2-5,8-19H2,1H3/b7-6+/t20-,21+,22-,23-/m1/s1. The molecule has 1 fully saturated rings. The summed E-state index contributed by atoms with van der Waals surface area (Å²) < 4.78 is 11.0. The zero-order valence-electron chi connectivity index (χ0n) is 17.9. The maximum Gasteiger partial charge on any atom is 0.111 e. The quantitative estimate of drug-likeness (QED) is 0.253. The monoisotopic (exact) mass is 400 g/mol. The van der Waals surface area contributed by atoms with E-state index < -0.39 is 24.4 Å². The van der Waals surface area contributed by atoms with Crippen LogP contribution in [0.25, 0.3) is 0 Å². The second-order valence-electron chi connectivity index (χ2n) is 8.03. The molecule has 28 heavy (non-hydrogen) atoms. The van der Waals surface area contributed by atoms with Gasteiger partial charge in [-0.1, -0.05) is 70.4 Å². The number of ether oxygens (including phenoxy) is 2. The lowest BCUT2D eigenvalue weighted by molar-refractivity contribution is -0.208. The van der Waals surface area contributed by atoms with E-state index in [1.54, 1.807) is 0 Å². The minimum absolute atomic E-state index is 0.220. The van der Waals surface area contributed by atoms with Gasteiger partial charge in [0.2, 0.25) is 0 Å². The van der Waals surface area contributed by atoms with Gasteiger partial charge in [-0.05, 0) is 32.1 Å². The fourth-order valence-electron chi connectivity index (χ4n) is 3.57. The second kappa shape index (κ2) is 17.4. The highest BCUT2D eigenvalue weighted by atomic mass is 16.6. The van der Waals surface area contributed by atoms with Gasteiger partial charge in [-0.25, -0.2) is 0 Å². The minimum atomic E-state index is -1.08. The molecule has 0 aromatic rings. The first-order valence-corrected chi connectivity index (χ1v) is 11.6. The van der Waals surface area contributed by atoms with Gasteiger partial charge in [-0.15, -0.1) is 0 Å². The number of aliphatic hydroxyl groups is 3. The number of rotatable bonds is 17. The molecule has 0 aromatic carbocycles. The van der Waals surface area contributed by atoms with Crippen LogP contribution in [0.15, 0.2) is 12.2 Å². The van der Waals surface area contributed by atoms with Crippen LogP contribution in [0.4, 0.5) is 0 Å². The van der Waals surface area contributed by atoms with Crippen LogP contribution >= 0.6 is 0 Å². The number of aliphatic hydroxyl groups excluding tert-OH is 3. The van der Waals surface area contributed by atoms with E-state index in [9.17, 15) is 10.2 Å². The van der Waals surface area contributed by atoms with Gasteiger partial charge in [0.25, 0.3) is 0 Å². The average molecular weight is 401 g/mol. The minimum Gasteiger partial charge on any atom is -0.394 e. The fourth-order valence-corrected chi connectivity index (χ4v) is 3.57. The molecule has 0 amide bonds. The van der Waals surface area contributed by atoms with Gasteiger partial charge < -0.3 is 24.8 Å². The molecule has 0 saturated carbocycles. The van der Waals surface area contributed by atoms with Crippen LogP contribution < -0.4 is 0 Å². The number of hydrogen-bond acceptors (Lipinski definition) is 5. The lowest BCUT2D eigenvalue weighted by Gasteiger charge is -2.36. The van der Waals surface area contributed by atoms with E-state index in [2.05, 4.69) is 19.1 Å². The van der Waals surface area contributed by atoms with Crippen LogP contribution in [0.3, 0.4) is 0 Å². The maximum atomic E-state index is 9.99. The maximum absolute atomic E-state index is 9.99. The summed E-state index contributed by atoms with van der Waals surface area (Å²) in [5.74, 6) is 0. The molecule has 166 valence electrons. The van der Waals surface area contributed by atoms with E-state index >= 15 is 0 Å². The van der Waals surface area contributed by atoms with E-state index in [4.69, 9.17) is 14.6 Å². The molecule has 1 rings (SSSR count). The van der Waals surface area contributed by atoms with Gasteiger partial charge >= 0.3 is 0 Å². The summed E-state index contributed by atoms with van der Waals surface area (Å²) in [6.45, 7) is 2.75. The largest absolute Gasteiger partial charge is 0.394 e. The Hall–Kier alpha value is -0.460. The van der Waals surface area contributed by atoms with Gasteiger partial charge in [0.1, 0.15) is 24.4 Å². The molecule has 1 heterocycles. The van der Waals surface area contributed by atoms with Crippen LogP contribution in [0.5, 0.6) is 0 Å². The Balaban J connectivity index is 1.84. The summed E-state index contributed by atoms with van der Waals surface area (Å²) in [4.78, 5) is 0. The van der Waals surface area contributed by atoms with E-state index in [1.165, 1.54) is 70.6 Å². The number of allylic oxidation sites excluding steroid dienone is 2. The molecule has 0 unspecified atom stereocenters.